The van der Waals surface area contributed by atoms with Gasteiger partial charge in [0.05, 0.1) is 14.2 Å². The summed E-state index contributed by atoms with van der Waals surface area (Å²) in [6, 6.07) is 15.3. The first kappa shape index (κ1) is 20.7. The van der Waals surface area contributed by atoms with Crippen molar-refractivity contribution in [3.8, 4) is 11.5 Å². The molecule has 0 aromatic heterocycles. The summed E-state index contributed by atoms with van der Waals surface area (Å²) in [7, 11) is 3.09. The molecule has 0 spiro atoms. The number of carbonyl (C=O) groups is 2. The number of hydrogen-bond donors (Lipinski definition) is 0. The summed E-state index contributed by atoms with van der Waals surface area (Å²) in [6.07, 6.45) is 1.97. The van der Waals surface area contributed by atoms with Gasteiger partial charge in [-0.15, -0.1) is 0 Å². The quantitative estimate of drug-likeness (QED) is 0.753. The third kappa shape index (κ3) is 5.08. The van der Waals surface area contributed by atoms with E-state index in [0.29, 0.717) is 49.7 Å². The summed E-state index contributed by atoms with van der Waals surface area (Å²) in [6.45, 7) is 2.30. The highest BCUT2D eigenvalue weighted by molar-refractivity contribution is 5.99. The molecule has 2 aromatic rings. The normalized spacial score (nSPS) is 14.3. The van der Waals surface area contributed by atoms with Crippen LogP contribution >= 0.6 is 0 Å². The number of carbonyl (C=O) groups excluding carboxylic acids is 2. The van der Waals surface area contributed by atoms with Gasteiger partial charge in [-0.3, -0.25) is 9.59 Å². The largest absolute Gasteiger partial charge is 0.496 e. The first-order valence-corrected chi connectivity index (χ1v) is 9.96. The van der Waals surface area contributed by atoms with Gasteiger partial charge < -0.3 is 19.3 Å². The number of aryl methyl sites for hydroxylation is 1. The van der Waals surface area contributed by atoms with E-state index in [2.05, 4.69) is 0 Å². The average molecular weight is 396 g/mol. The lowest BCUT2D eigenvalue weighted by Crippen LogP contribution is -2.37. The summed E-state index contributed by atoms with van der Waals surface area (Å²) >= 11 is 0. The van der Waals surface area contributed by atoms with E-state index >= 15 is 0 Å². The fraction of sp³-hybridized carbons (Fsp3) is 0.391. The minimum Gasteiger partial charge on any atom is -0.496 e. The van der Waals surface area contributed by atoms with Gasteiger partial charge >= 0.3 is 0 Å². The van der Waals surface area contributed by atoms with Gasteiger partial charge in [0.15, 0.2) is 0 Å². The van der Waals surface area contributed by atoms with Crippen LogP contribution in [0.3, 0.4) is 0 Å². The zero-order chi connectivity index (χ0) is 20.6. The van der Waals surface area contributed by atoms with Crippen molar-refractivity contribution >= 4 is 11.8 Å². The molecule has 6 nitrogen and oxygen atoms in total. The van der Waals surface area contributed by atoms with Crippen LogP contribution in [0.4, 0.5) is 0 Å². The topological polar surface area (TPSA) is 59.1 Å². The van der Waals surface area contributed by atoms with Crippen LogP contribution in [0.15, 0.2) is 48.5 Å². The van der Waals surface area contributed by atoms with Gasteiger partial charge in [-0.1, -0.05) is 36.4 Å². The highest BCUT2D eigenvalue weighted by atomic mass is 16.5. The van der Waals surface area contributed by atoms with E-state index in [0.717, 1.165) is 18.4 Å². The number of methoxy groups -OCH3 is 2. The first-order valence-electron chi connectivity index (χ1n) is 9.96. The molecule has 1 aliphatic rings. The fourth-order valence-electron chi connectivity index (χ4n) is 3.64. The molecule has 1 saturated heterocycles. The Morgan fingerprint density at radius 2 is 1.45 bits per heavy atom. The van der Waals surface area contributed by atoms with Crippen LogP contribution in [0.2, 0.25) is 0 Å². The van der Waals surface area contributed by atoms with Gasteiger partial charge in [-0.25, -0.2) is 0 Å². The Kier molecular flexibility index (Phi) is 7.11. The van der Waals surface area contributed by atoms with Crippen molar-refractivity contribution in [2.24, 2.45) is 0 Å². The standard InChI is InChI=1S/C23H28N2O4/c1-28-19-10-6-11-20(29-2)22(19)23(27)25-15-7-14-24(16-17-25)21(26)13-12-18-8-4-3-5-9-18/h3-6,8-11H,7,12-17H2,1-2H3. The molecule has 154 valence electrons. The van der Waals surface area contributed by atoms with Crippen molar-refractivity contribution in [1.29, 1.82) is 0 Å². The summed E-state index contributed by atoms with van der Waals surface area (Å²) in [5.41, 5.74) is 1.59. The van der Waals surface area contributed by atoms with Crippen molar-refractivity contribution in [3.05, 3.63) is 59.7 Å². The minimum atomic E-state index is -0.127. The Morgan fingerprint density at radius 3 is 2.10 bits per heavy atom. The molecule has 1 fully saturated rings. The number of rotatable bonds is 6. The van der Waals surface area contributed by atoms with Crippen molar-refractivity contribution in [1.82, 2.24) is 9.80 Å². The summed E-state index contributed by atoms with van der Waals surface area (Å²) < 4.78 is 10.7. The van der Waals surface area contributed by atoms with Gasteiger partial charge in [0.1, 0.15) is 17.1 Å². The van der Waals surface area contributed by atoms with Gasteiger partial charge in [0.25, 0.3) is 5.91 Å². The van der Waals surface area contributed by atoms with Crippen molar-refractivity contribution in [2.75, 3.05) is 40.4 Å². The Labute approximate surface area is 172 Å². The lowest BCUT2D eigenvalue weighted by molar-refractivity contribution is -0.131. The molecule has 0 atom stereocenters. The van der Waals surface area contributed by atoms with Gasteiger partial charge in [-0.05, 0) is 30.5 Å². The molecule has 1 heterocycles. The second-order valence-corrected chi connectivity index (χ2v) is 7.05. The molecule has 0 unspecified atom stereocenters. The van der Waals surface area contributed by atoms with E-state index < -0.39 is 0 Å². The average Bonchev–Trinajstić information content (AvgIpc) is 3.03. The van der Waals surface area contributed by atoms with Gasteiger partial charge in [0, 0.05) is 32.6 Å². The highest BCUT2D eigenvalue weighted by Crippen LogP contribution is 2.29. The van der Waals surface area contributed by atoms with Crippen LogP contribution in [0, 0.1) is 0 Å². The lowest BCUT2D eigenvalue weighted by Gasteiger charge is -2.23. The van der Waals surface area contributed by atoms with Crippen molar-refractivity contribution in [3.63, 3.8) is 0 Å². The van der Waals surface area contributed by atoms with E-state index in [4.69, 9.17) is 9.47 Å². The van der Waals surface area contributed by atoms with Crippen LogP contribution in [0.25, 0.3) is 0 Å². The summed E-state index contributed by atoms with van der Waals surface area (Å²) in [5.74, 6) is 1.000. The van der Waals surface area contributed by atoms with E-state index in [1.165, 1.54) is 0 Å². The van der Waals surface area contributed by atoms with Crippen LogP contribution in [-0.4, -0.2) is 62.0 Å². The lowest BCUT2D eigenvalue weighted by atomic mass is 10.1. The summed E-state index contributed by atoms with van der Waals surface area (Å²) in [5, 5.41) is 0. The van der Waals surface area contributed by atoms with Gasteiger partial charge in [-0.2, -0.15) is 0 Å². The zero-order valence-electron chi connectivity index (χ0n) is 17.1. The molecule has 3 rings (SSSR count). The first-order chi connectivity index (χ1) is 14.1. The molecule has 0 aliphatic carbocycles. The molecule has 1 aliphatic heterocycles. The Balaban J connectivity index is 1.62. The van der Waals surface area contributed by atoms with E-state index in [1.54, 1.807) is 37.3 Å². The van der Waals surface area contributed by atoms with Crippen molar-refractivity contribution < 1.29 is 19.1 Å². The molecule has 2 aromatic carbocycles. The SMILES string of the molecule is COc1cccc(OC)c1C(=O)N1CCCN(C(=O)CCc2ccccc2)CC1. The maximum atomic E-state index is 13.2. The van der Waals surface area contributed by atoms with E-state index in [9.17, 15) is 9.59 Å². The third-order valence-electron chi connectivity index (χ3n) is 5.25. The predicted octanol–water partition coefficient (Wildman–Crippen LogP) is 3.01. The highest BCUT2D eigenvalue weighted by Gasteiger charge is 2.27. The number of ether oxygens (including phenoxy) is 2. The smallest absolute Gasteiger partial charge is 0.261 e. The predicted molar refractivity (Wildman–Crippen MR) is 111 cm³/mol. The second-order valence-electron chi connectivity index (χ2n) is 7.05. The molecule has 29 heavy (non-hydrogen) atoms. The maximum Gasteiger partial charge on any atom is 0.261 e. The third-order valence-corrected chi connectivity index (χ3v) is 5.25. The Hall–Kier alpha value is -3.02. The van der Waals surface area contributed by atoms with Gasteiger partial charge in [0.2, 0.25) is 5.91 Å². The molecule has 6 heteroatoms. The maximum absolute atomic E-state index is 13.2. The van der Waals surface area contributed by atoms with Crippen molar-refractivity contribution in [2.45, 2.75) is 19.3 Å². The summed E-state index contributed by atoms with van der Waals surface area (Å²) in [4.78, 5) is 29.5. The fourth-order valence-corrected chi connectivity index (χ4v) is 3.64. The monoisotopic (exact) mass is 396 g/mol. The molecular weight excluding hydrogens is 368 g/mol. The van der Waals surface area contributed by atoms with Crippen LogP contribution in [0.1, 0.15) is 28.8 Å². The Bertz CT molecular complexity index is 816. The molecule has 2 amide bonds. The number of amides is 2. The minimum absolute atomic E-state index is 0.127. The van der Waals surface area contributed by atoms with Crippen LogP contribution < -0.4 is 9.47 Å². The molecule has 0 bridgehead atoms. The molecule has 0 N–H and O–H groups in total. The van der Waals surface area contributed by atoms with Crippen LogP contribution in [0.5, 0.6) is 11.5 Å². The molecule has 0 saturated carbocycles. The number of benzene rings is 2. The van der Waals surface area contributed by atoms with E-state index in [1.807, 2.05) is 35.2 Å². The molecule has 0 radical (unpaired) electrons. The number of nitrogens with zero attached hydrogens (tertiary/aromatic N) is 2. The van der Waals surface area contributed by atoms with E-state index in [-0.39, 0.29) is 11.8 Å². The second kappa shape index (κ2) is 9.96. The zero-order valence-corrected chi connectivity index (χ0v) is 17.1. The molecular formula is C23H28N2O4. The Morgan fingerprint density at radius 1 is 0.828 bits per heavy atom. The number of hydrogen-bond acceptors (Lipinski definition) is 4. The van der Waals surface area contributed by atoms with Crippen LogP contribution in [-0.2, 0) is 11.2 Å².